The zero-order chi connectivity index (χ0) is 37.7. The number of aromatic nitrogens is 2. The fourth-order valence-corrected chi connectivity index (χ4v) is 9.48. The Morgan fingerprint density at radius 3 is 1.42 bits per heavy atom. The van der Waals surface area contributed by atoms with Crippen molar-refractivity contribution in [3.63, 3.8) is 0 Å². The van der Waals surface area contributed by atoms with E-state index in [1.807, 2.05) is 35.6 Å². The standard InChI is InChI=1S/C54H34N2S/c1-3-13-35(14-4-1)36-25-27-37(28-26-36)49-34-50(56-54(55-49)38-15-5-2-6-16-38)43-20-12-19-41(32-43)39-17-11-18-40(31-39)42-29-30-51-48(33-42)52-46-23-9-7-21-44(46)45-22-8-10-24-47(45)53(52)57-51/h1-34H. The minimum Gasteiger partial charge on any atom is -0.228 e. The van der Waals surface area contributed by atoms with Crippen LogP contribution in [-0.2, 0) is 0 Å². The summed E-state index contributed by atoms with van der Waals surface area (Å²) < 4.78 is 2.67. The van der Waals surface area contributed by atoms with E-state index in [-0.39, 0.29) is 0 Å². The molecule has 11 aromatic rings. The maximum Gasteiger partial charge on any atom is 0.160 e. The Kier molecular flexibility index (Phi) is 8.04. The highest BCUT2D eigenvalue weighted by atomic mass is 32.1. The molecule has 0 atom stereocenters. The Morgan fingerprint density at radius 1 is 0.281 bits per heavy atom. The van der Waals surface area contributed by atoms with E-state index in [1.165, 1.54) is 64.0 Å². The molecular formula is C54H34N2S. The lowest BCUT2D eigenvalue weighted by Gasteiger charge is -2.12. The minimum absolute atomic E-state index is 0.708. The highest BCUT2D eigenvalue weighted by molar-refractivity contribution is 7.27. The summed E-state index contributed by atoms with van der Waals surface area (Å²) in [5.41, 5.74) is 11.9. The van der Waals surface area contributed by atoms with Crippen LogP contribution in [0.25, 0.3) is 109 Å². The van der Waals surface area contributed by atoms with E-state index < -0.39 is 0 Å². The molecule has 266 valence electrons. The molecule has 0 unspecified atom stereocenters. The number of hydrogen-bond acceptors (Lipinski definition) is 3. The molecule has 3 heteroatoms. The number of nitrogens with zero attached hydrogens (tertiary/aromatic N) is 2. The molecule has 0 aliphatic heterocycles. The average Bonchev–Trinajstić information content (AvgIpc) is 3.69. The molecule has 2 nitrogen and oxygen atoms in total. The van der Waals surface area contributed by atoms with E-state index >= 15 is 0 Å². The number of hydrogen-bond donors (Lipinski definition) is 0. The van der Waals surface area contributed by atoms with Crippen molar-refractivity contribution in [2.45, 2.75) is 0 Å². The Balaban J connectivity index is 0.987. The van der Waals surface area contributed by atoms with E-state index in [2.05, 4.69) is 182 Å². The largest absolute Gasteiger partial charge is 0.228 e. The topological polar surface area (TPSA) is 25.8 Å². The van der Waals surface area contributed by atoms with Gasteiger partial charge in [-0.25, -0.2) is 9.97 Å². The monoisotopic (exact) mass is 742 g/mol. The maximum absolute atomic E-state index is 5.14. The van der Waals surface area contributed by atoms with Gasteiger partial charge >= 0.3 is 0 Å². The molecule has 0 N–H and O–H groups in total. The second-order valence-corrected chi connectivity index (χ2v) is 15.6. The second-order valence-electron chi connectivity index (χ2n) is 14.5. The van der Waals surface area contributed by atoms with Gasteiger partial charge in [0.15, 0.2) is 5.82 Å². The quantitative estimate of drug-likeness (QED) is 0.159. The van der Waals surface area contributed by atoms with Gasteiger partial charge in [-0.3, -0.25) is 0 Å². The summed E-state index contributed by atoms with van der Waals surface area (Å²) in [6.07, 6.45) is 0. The highest BCUT2D eigenvalue weighted by Crippen LogP contribution is 2.45. The SMILES string of the molecule is c1ccc(-c2ccc(-c3cc(-c4cccc(-c5cccc(-c6ccc7sc8c9ccccc9c9ccccc9c8c7c6)c5)c4)nc(-c4ccccc4)n3)cc2)cc1. The third-order valence-corrected chi connectivity index (χ3v) is 12.3. The third kappa shape index (κ3) is 5.97. The molecule has 0 radical (unpaired) electrons. The zero-order valence-corrected chi connectivity index (χ0v) is 31.7. The smallest absolute Gasteiger partial charge is 0.160 e. The van der Waals surface area contributed by atoms with Crippen molar-refractivity contribution in [3.05, 3.63) is 206 Å². The van der Waals surface area contributed by atoms with Crippen LogP contribution < -0.4 is 0 Å². The molecule has 11 rings (SSSR count). The molecule has 9 aromatic carbocycles. The van der Waals surface area contributed by atoms with Crippen molar-refractivity contribution in [2.24, 2.45) is 0 Å². The first-order valence-corrected chi connectivity index (χ1v) is 20.1. The number of thiophene rings is 1. The Labute approximate surface area is 335 Å². The molecule has 57 heavy (non-hydrogen) atoms. The zero-order valence-electron chi connectivity index (χ0n) is 30.9. The van der Waals surface area contributed by atoms with Gasteiger partial charge in [-0.1, -0.05) is 176 Å². The molecular weight excluding hydrogens is 709 g/mol. The fourth-order valence-electron chi connectivity index (χ4n) is 8.25. The second kappa shape index (κ2) is 13.8. The van der Waals surface area contributed by atoms with Crippen LogP contribution in [0.4, 0.5) is 0 Å². The number of rotatable bonds is 6. The summed E-state index contributed by atoms with van der Waals surface area (Å²) >= 11 is 1.90. The van der Waals surface area contributed by atoms with Gasteiger partial charge < -0.3 is 0 Å². The van der Waals surface area contributed by atoms with Crippen LogP contribution in [0, 0.1) is 0 Å². The molecule has 0 aliphatic carbocycles. The Bertz CT molecular complexity index is 3270. The third-order valence-electron chi connectivity index (χ3n) is 11.1. The van der Waals surface area contributed by atoms with Crippen molar-refractivity contribution in [1.29, 1.82) is 0 Å². The first-order chi connectivity index (χ1) is 28.2. The van der Waals surface area contributed by atoms with Crippen LogP contribution in [-0.4, -0.2) is 9.97 Å². The van der Waals surface area contributed by atoms with Gasteiger partial charge in [0, 0.05) is 42.2 Å². The summed E-state index contributed by atoms with van der Waals surface area (Å²) in [5, 5.41) is 7.91. The summed E-state index contributed by atoms with van der Waals surface area (Å²) in [5.74, 6) is 0.708. The first kappa shape index (κ1) is 33.2. The van der Waals surface area contributed by atoms with Gasteiger partial charge in [0.1, 0.15) is 0 Å². The molecule has 0 fully saturated rings. The van der Waals surface area contributed by atoms with Crippen LogP contribution in [0.3, 0.4) is 0 Å². The van der Waals surface area contributed by atoms with Gasteiger partial charge in [0.25, 0.3) is 0 Å². The van der Waals surface area contributed by atoms with E-state index in [0.29, 0.717) is 5.82 Å². The predicted octanol–water partition coefficient (Wildman–Crippen LogP) is 15.2. The lowest BCUT2D eigenvalue weighted by molar-refractivity contribution is 1.18. The minimum atomic E-state index is 0.708. The molecule has 0 amide bonds. The first-order valence-electron chi connectivity index (χ1n) is 19.3. The van der Waals surface area contributed by atoms with Crippen molar-refractivity contribution in [2.75, 3.05) is 0 Å². The van der Waals surface area contributed by atoms with Crippen LogP contribution in [0.2, 0.25) is 0 Å². The molecule has 0 saturated heterocycles. The van der Waals surface area contributed by atoms with E-state index in [9.17, 15) is 0 Å². The molecule has 0 aliphatic rings. The highest BCUT2D eigenvalue weighted by Gasteiger charge is 2.16. The Hall–Kier alpha value is -7.20. The fraction of sp³-hybridized carbons (Fsp3) is 0. The van der Waals surface area contributed by atoms with Gasteiger partial charge in [0.05, 0.1) is 11.4 Å². The summed E-state index contributed by atoms with van der Waals surface area (Å²) in [6, 6.07) is 73.8. The average molecular weight is 743 g/mol. The molecule has 0 spiro atoms. The van der Waals surface area contributed by atoms with Crippen LogP contribution in [0.5, 0.6) is 0 Å². The van der Waals surface area contributed by atoms with Crippen LogP contribution >= 0.6 is 11.3 Å². The van der Waals surface area contributed by atoms with Gasteiger partial charge in [-0.2, -0.15) is 0 Å². The molecule has 2 aromatic heterocycles. The lowest BCUT2D eigenvalue weighted by atomic mass is 9.94. The van der Waals surface area contributed by atoms with E-state index in [0.717, 1.165) is 39.2 Å². The maximum atomic E-state index is 5.14. The lowest BCUT2D eigenvalue weighted by Crippen LogP contribution is -1.96. The van der Waals surface area contributed by atoms with Crippen molar-refractivity contribution in [1.82, 2.24) is 9.97 Å². The Morgan fingerprint density at radius 2 is 0.737 bits per heavy atom. The van der Waals surface area contributed by atoms with Gasteiger partial charge in [-0.05, 0) is 79.9 Å². The van der Waals surface area contributed by atoms with Crippen molar-refractivity contribution >= 4 is 53.1 Å². The van der Waals surface area contributed by atoms with Crippen LogP contribution in [0.1, 0.15) is 0 Å². The van der Waals surface area contributed by atoms with Crippen molar-refractivity contribution < 1.29 is 0 Å². The number of fused-ring (bicyclic) bond motifs is 8. The van der Waals surface area contributed by atoms with E-state index in [1.54, 1.807) is 0 Å². The molecule has 0 saturated carbocycles. The summed E-state index contributed by atoms with van der Waals surface area (Å²) in [7, 11) is 0. The van der Waals surface area contributed by atoms with Crippen LogP contribution in [0.15, 0.2) is 206 Å². The summed E-state index contributed by atoms with van der Waals surface area (Å²) in [6.45, 7) is 0. The molecule has 0 bridgehead atoms. The number of benzene rings is 9. The van der Waals surface area contributed by atoms with Gasteiger partial charge in [-0.15, -0.1) is 11.3 Å². The van der Waals surface area contributed by atoms with Gasteiger partial charge in [0.2, 0.25) is 0 Å². The molecule has 2 heterocycles. The van der Waals surface area contributed by atoms with E-state index in [4.69, 9.17) is 9.97 Å². The summed E-state index contributed by atoms with van der Waals surface area (Å²) in [4.78, 5) is 10.2. The van der Waals surface area contributed by atoms with Crippen molar-refractivity contribution in [3.8, 4) is 67.3 Å². The predicted molar refractivity (Wildman–Crippen MR) is 243 cm³/mol. The normalized spacial score (nSPS) is 11.5.